The lowest BCUT2D eigenvalue weighted by atomic mass is 10.1. The maximum atomic E-state index is 13.3. The van der Waals surface area contributed by atoms with Crippen molar-refractivity contribution in [2.45, 2.75) is 52.1 Å². The molecule has 5 aromatic carbocycles. The second-order valence-corrected chi connectivity index (χ2v) is 12.3. The highest BCUT2D eigenvalue weighted by atomic mass is 16.7. The van der Waals surface area contributed by atoms with Crippen molar-refractivity contribution in [3.05, 3.63) is 133 Å². The van der Waals surface area contributed by atoms with Crippen molar-refractivity contribution in [1.29, 1.82) is 0 Å². The molecule has 0 aromatic heterocycles. The van der Waals surface area contributed by atoms with Crippen LogP contribution in [0.4, 0.5) is 0 Å². The first-order valence-corrected chi connectivity index (χ1v) is 17.8. The number of hydrogen-bond donors (Lipinski definition) is 0. The Morgan fingerprint density at radius 2 is 1.00 bits per heavy atom. The van der Waals surface area contributed by atoms with Crippen LogP contribution in [0.3, 0.4) is 0 Å². The standard InChI is InChI=1S/C44H40O12/c1-6-10-40(55-38(45)8-3)51-33-18-16-27-22-31(14-12-29(27)24-33)42(47)53-35-20-21-37(36(26-35)44(49)50-5)54-43(48)32-15-13-30-25-34(19-17-28(30)23-32)52-41(11-7-2)56-39(46)9-4/h8-9,12-26,40-41H,3-4,6-7,10-11H2,1-2,5H3. The van der Waals surface area contributed by atoms with Crippen LogP contribution in [-0.4, -0.2) is 49.5 Å². The molecule has 2 unspecified atom stereocenters. The zero-order chi connectivity index (χ0) is 40.2. The fraction of sp³-hybridized carbons (Fsp3) is 0.205. The van der Waals surface area contributed by atoms with Crippen LogP contribution in [-0.2, 0) is 23.8 Å². The number of ether oxygens (including phenoxy) is 7. The molecule has 0 aliphatic rings. The second kappa shape index (κ2) is 18.9. The van der Waals surface area contributed by atoms with Crippen molar-refractivity contribution in [3.63, 3.8) is 0 Å². The van der Waals surface area contributed by atoms with Gasteiger partial charge in [0.2, 0.25) is 12.6 Å². The summed E-state index contributed by atoms with van der Waals surface area (Å²) >= 11 is 0. The van der Waals surface area contributed by atoms with E-state index in [0.29, 0.717) is 35.1 Å². The fourth-order valence-corrected chi connectivity index (χ4v) is 5.52. The van der Waals surface area contributed by atoms with E-state index in [2.05, 4.69) is 13.2 Å². The number of benzene rings is 5. The van der Waals surface area contributed by atoms with E-state index in [1.165, 1.54) is 25.3 Å². The van der Waals surface area contributed by atoms with Gasteiger partial charge in [0.15, 0.2) is 0 Å². The Kier molecular flexibility index (Phi) is 13.6. The van der Waals surface area contributed by atoms with Crippen molar-refractivity contribution in [2.24, 2.45) is 0 Å². The molecule has 288 valence electrons. The molecule has 12 heteroatoms. The van der Waals surface area contributed by atoms with E-state index in [0.717, 1.165) is 35.8 Å². The quantitative estimate of drug-likeness (QED) is 0.0293. The Morgan fingerprint density at radius 3 is 1.46 bits per heavy atom. The smallest absolute Gasteiger partial charge is 0.343 e. The molecule has 0 heterocycles. The highest BCUT2D eigenvalue weighted by Crippen LogP contribution is 2.29. The van der Waals surface area contributed by atoms with E-state index in [4.69, 9.17) is 33.2 Å². The Morgan fingerprint density at radius 1 is 0.554 bits per heavy atom. The molecule has 0 bridgehead atoms. The molecule has 0 saturated carbocycles. The van der Waals surface area contributed by atoms with Crippen LogP contribution in [0.15, 0.2) is 116 Å². The molecule has 0 fully saturated rings. The minimum absolute atomic E-state index is 0.0132. The minimum atomic E-state index is -0.818. The molecule has 0 aliphatic heterocycles. The lowest BCUT2D eigenvalue weighted by Gasteiger charge is -2.18. The van der Waals surface area contributed by atoms with Gasteiger partial charge in [-0.1, -0.05) is 51.3 Å². The Bertz CT molecular complexity index is 2290. The highest BCUT2D eigenvalue weighted by molar-refractivity contribution is 6.00. The number of fused-ring (bicyclic) bond motifs is 2. The molecule has 0 amide bonds. The van der Waals surface area contributed by atoms with Crippen LogP contribution in [0.25, 0.3) is 21.5 Å². The van der Waals surface area contributed by atoms with Gasteiger partial charge in [0.1, 0.15) is 28.6 Å². The van der Waals surface area contributed by atoms with Gasteiger partial charge in [-0.05, 0) is 101 Å². The Balaban J connectivity index is 1.27. The topological polar surface area (TPSA) is 150 Å². The minimum Gasteiger partial charge on any atom is -0.465 e. The maximum absolute atomic E-state index is 13.3. The van der Waals surface area contributed by atoms with Crippen molar-refractivity contribution < 1.29 is 57.1 Å². The summed E-state index contributed by atoms with van der Waals surface area (Å²) in [4.78, 5) is 62.6. The summed E-state index contributed by atoms with van der Waals surface area (Å²) < 4.78 is 38.4. The van der Waals surface area contributed by atoms with Crippen LogP contribution >= 0.6 is 0 Å². The normalized spacial score (nSPS) is 11.8. The van der Waals surface area contributed by atoms with Crippen LogP contribution in [0.2, 0.25) is 0 Å². The molecule has 2 atom stereocenters. The second-order valence-electron chi connectivity index (χ2n) is 12.3. The van der Waals surface area contributed by atoms with Crippen molar-refractivity contribution in [1.82, 2.24) is 0 Å². The molecule has 0 saturated heterocycles. The van der Waals surface area contributed by atoms with E-state index >= 15 is 0 Å². The number of rotatable bonds is 17. The largest absolute Gasteiger partial charge is 0.465 e. The van der Waals surface area contributed by atoms with Crippen LogP contribution in [0.1, 0.15) is 70.6 Å². The molecule has 12 nitrogen and oxygen atoms in total. The van der Waals surface area contributed by atoms with Gasteiger partial charge in [0.25, 0.3) is 0 Å². The molecule has 56 heavy (non-hydrogen) atoms. The zero-order valence-electron chi connectivity index (χ0n) is 31.1. The Labute approximate surface area is 323 Å². The summed E-state index contributed by atoms with van der Waals surface area (Å²) in [5.41, 5.74) is 0.295. The number of carbonyl (C=O) groups excluding carboxylic acids is 5. The molecule has 5 rings (SSSR count). The molecule has 0 aliphatic carbocycles. The number of methoxy groups -OCH3 is 1. The zero-order valence-corrected chi connectivity index (χ0v) is 31.1. The van der Waals surface area contributed by atoms with Gasteiger partial charge in [-0.25, -0.2) is 24.0 Å². The molecular formula is C44H40O12. The Hall–Kier alpha value is -6.95. The third-order valence-electron chi connectivity index (χ3n) is 8.28. The molecular weight excluding hydrogens is 720 g/mol. The average molecular weight is 761 g/mol. The monoisotopic (exact) mass is 760 g/mol. The summed E-state index contributed by atoms with van der Waals surface area (Å²) in [7, 11) is 1.17. The van der Waals surface area contributed by atoms with Gasteiger partial charge in [-0.3, -0.25) is 0 Å². The molecule has 0 radical (unpaired) electrons. The van der Waals surface area contributed by atoms with Crippen molar-refractivity contribution in [2.75, 3.05) is 7.11 Å². The number of esters is 5. The van der Waals surface area contributed by atoms with Gasteiger partial charge in [-0.15, -0.1) is 0 Å². The predicted molar refractivity (Wildman–Crippen MR) is 207 cm³/mol. The first-order valence-electron chi connectivity index (χ1n) is 17.8. The summed E-state index contributed by atoms with van der Waals surface area (Å²) in [6.07, 6.45) is 3.02. The van der Waals surface area contributed by atoms with Crippen LogP contribution < -0.4 is 18.9 Å². The first-order chi connectivity index (χ1) is 27.0. The van der Waals surface area contributed by atoms with Crippen LogP contribution in [0, 0.1) is 0 Å². The van der Waals surface area contributed by atoms with Gasteiger partial charge in [-0.2, -0.15) is 0 Å². The lowest BCUT2D eigenvalue weighted by molar-refractivity contribution is -0.159. The lowest BCUT2D eigenvalue weighted by Crippen LogP contribution is -2.23. The summed E-state index contributed by atoms with van der Waals surface area (Å²) in [5.74, 6) is -2.58. The van der Waals surface area contributed by atoms with E-state index in [1.807, 2.05) is 13.8 Å². The fourth-order valence-electron chi connectivity index (χ4n) is 5.52. The maximum Gasteiger partial charge on any atom is 0.343 e. The van der Waals surface area contributed by atoms with Gasteiger partial charge >= 0.3 is 29.8 Å². The number of hydrogen-bond acceptors (Lipinski definition) is 12. The van der Waals surface area contributed by atoms with Gasteiger partial charge in [0.05, 0.1) is 18.2 Å². The molecule has 0 spiro atoms. The first kappa shape index (κ1) is 40.2. The van der Waals surface area contributed by atoms with Crippen molar-refractivity contribution >= 4 is 51.4 Å². The van der Waals surface area contributed by atoms with E-state index in [-0.39, 0.29) is 28.2 Å². The third kappa shape index (κ3) is 10.4. The van der Waals surface area contributed by atoms with Crippen molar-refractivity contribution in [3.8, 4) is 23.0 Å². The van der Waals surface area contributed by atoms with E-state index in [1.54, 1.807) is 72.8 Å². The number of carbonyl (C=O) groups is 5. The molecule has 5 aromatic rings. The average Bonchev–Trinajstić information content (AvgIpc) is 3.20. The highest BCUT2D eigenvalue weighted by Gasteiger charge is 2.21. The molecule has 0 N–H and O–H groups in total. The summed E-state index contributed by atoms with van der Waals surface area (Å²) in [5, 5.41) is 2.93. The van der Waals surface area contributed by atoms with Gasteiger partial charge in [0, 0.05) is 25.0 Å². The third-order valence-corrected chi connectivity index (χ3v) is 8.28. The predicted octanol–water partition coefficient (Wildman–Crippen LogP) is 8.69. The summed E-state index contributed by atoms with van der Waals surface area (Å²) in [6, 6.07) is 24.2. The SMILES string of the molecule is C=CC(=O)OC(CCC)Oc1ccc2cc(C(=O)Oc3ccc(OC(=O)c4ccc5cc(OC(CCC)OC(=O)C=C)ccc5c4)c(C(=O)OC)c3)ccc2c1. The van der Waals surface area contributed by atoms with E-state index < -0.39 is 42.4 Å². The van der Waals surface area contributed by atoms with Gasteiger partial charge < -0.3 is 33.2 Å². The van der Waals surface area contributed by atoms with Crippen LogP contribution in [0.5, 0.6) is 23.0 Å². The van der Waals surface area contributed by atoms with E-state index in [9.17, 15) is 24.0 Å². The summed E-state index contributed by atoms with van der Waals surface area (Å²) in [6.45, 7) is 10.7.